The van der Waals surface area contributed by atoms with E-state index in [4.69, 9.17) is 4.74 Å². The summed E-state index contributed by atoms with van der Waals surface area (Å²) in [5, 5.41) is 13.7. The molecule has 0 fully saturated rings. The summed E-state index contributed by atoms with van der Waals surface area (Å²) in [6.45, 7) is 0.160. The van der Waals surface area contributed by atoms with Crippen molar-refractivity contribution in [2.75, 3.05) is 0 Å². The number of nitrogens with one attached hydrogen (secondary N) is 1. The van der Waals surface area contributed by atoms with E-state index < -0.39 is 0 Å². The Morgan fingerprint density at radius 1 is 1.19 bits per heavy atom. The van der Waals surface area contributed by atoms with Gasteiger partial charge in [-0.3, -0.25) is 0 Å². The summed E-state index contributed by atoms with van der Waals surface area (Å²) in [4.78, 5) is 0. The van der Waals surface area contributed by atoms with Crippen LogP contribution < -0.4 is 4.74 Å². The van der Waals surface area contributed by atoms with Gasteiger partial charge < -0.3 is 4.74 Å². The van der Waals surface area contributed by atoms with Crippen molar-refractivity contribution in [2.24, 2.45) is 0 Å². The van der Waals surface area contributed by atoms with Gasteiger partial charge in [-0.25, -0.2) is 4.39 Å². The number of rotatable bonds is 4. The Balaban J connectivity index is 1.76. The molecule has 1 heterocycles. The Bertz CT molecular complexity index is 748. The highest BCUT2D eigenvalue weighted by Crippen LogP contribution is 2.29. The van der Waals surface area contributed by atoms with E-state index in [0.717, 1.165) is 10.0 Å². The molecule has 0 aliphatic carbocycles. The van der Waals surface area contributed by atoms with Crippen molar-refractivity contribution in [1.29, 1.82) is 0 Å². The highest BCUT2D eigenvalue weighted by Gasteiger charge is 2.08. The fourth-order valence-electron chi connectivity index (χ4n) is 1.81. The Labute approximate surface area is 128 Å². The predicted octanol–water partition coefficient (Wildman–Crippen LogP) is 3.35. The van der Waals surface area contributed by atoms with E-state index in [1.807, 2.05) is 12.1 Å². The van der Waals surface area contributed by atoms with Gasteiger partial charge in [0, 0.05) is 11.1 Å². The van der Waals surface area contributed by atoms with Gasteiger partial charge in [0.05, 0.1) is 4.47 Å². The van der Waals surface area contributed by atoms with Crippen LogP contribution in [-0.2, 0) is 6.61 Å². The average molecular weight is 349 g/mol. The van der Waals surface area contributed by atoms with Crippen molar-refractivity contribution in [3.63, 3.8) is 0 Å². The summed E-state index contributed by atoms with van der Waals surface area (Å²) in [6.07, 6.45) is 0. The van der Waals surface area contributed by atoms with Crippen LogP contribution in [0.2, 0.25) is 0 Å². The van der Waals surface area contributed by atoms with Gasteiger partial charge in [0.25, 0.3) is 0 Å². The first-order chi connectivity index (χ1) is 10.2. The number of benzene rings is 2. The molecule has 0 amide bonds. The summed E-state index contributed by atoms with van der Waals surface area (Å²) in [6, 6.07) is 11.9. The van der Waals surface area contributed by atoms with Crippen molar-refractivity contribution in [2.45, 2.75) is 6.61 Å². The largest absolute Gasteiger partial charge is 0.488 e. The molecule has 1 N–H and O–H groups in total. The van der Waals surface area contributed by atoms with Crippen LogP contribution in [0.25, 0.3) is 11.4 Å². The summed E-state index contributed by atoms with van der Waals surface area (Å²) in [7, 11) is 0. The minimum absolute atomic E-state index is 0.160. The third-order valence-corrected chi connectivity index (χ3v) is 3.50. The zero-order chi connectivity index (χ0) is 14.7. The molecule has 0 bridgehead atoms. The van der Waals surface area contributed by atoms with E-state index in [1.54, 1.807) is 24.3 Å². The summed E-state index contributed by atoms with van der Waals surface area (Å²) in [5.41, 5.74) is 1.31. The number of halogens is 2. The van der Waals surface area contributed by atoms with Crippen molar-refractivity contribution in [1.82, 2.24) is 20.6 Å². The minimum Gasteiger partial charge on any atom is -0.488 e. The second-order valence-corrected chi connectivity index (χ2v) is 5.12. The van der Waals surface area contributed by atoms with Crippen molar-refractivity contribution in [3.05, 3.63) is 58.3 Å². The van der Waals surface area contributed by atoms with Gasteiger partial charge in [0.15, 0.2) is 0 Å². The van der Waals surface area contributed by atoms with Crippen LogP contribution in [0.3, 0.4) is 0 Å². The fraction of sp³-hybridized carbons (Fsp3) is 0.0714. The number of aromatic amines is 1. The lowest BCUT2D eigenvalue weighted by Crippen LogP contribution is -1.98. The van der Waals surface area contributed by atoms with E-state index >= 15 is 0 Å². The topological polar surface area (TPSA) is 63.7 Å². The van der Waals surface area contributed by atoms with Crippen LogP contribution >= 0.6 is 15.9 Å². The molecule has 0 saturated carbocycles. The Morgan fingerprint density at radius 3 is 2.76 bits per heavy atom. The summed E-state index contributed by atoms with van der Waals surface area (Å²) in [5.74, 6) is 0.832. The van der Waals surface area contributed by atoms with Crippen LogP contribution in [0, 0.1) is 5.82 Å². The molecule has 0 aliphatic heterocycles. The molecule has 21 heavy (non-hydrogen) atoms. The van der Waals surface area contributed by atoms with Crippen molar-refractivity contribution < 1.29 is 9.13 Å². The molecular weight excluding hydrogens is 339 g/mol. The molecule has 2 aromatic carbocycles. The summed E-state index contributed by atoms with van der Waals surface area (Å²) < 4.78 is 19.9. The maximum Gasteiger partial charge on any atom is 0.204 e. The SMILES string of the molecule is Fc1ccccc1COc1ccc(-c2nn[nH]n2)cc1Br. The van der Waals surface area contributed by atoms with E-state index in [9.17, 15) is 4.39 Å². The van der Waals surface area contributed by atoms with Crippen LogP contribution in [0.5, 0.6) is 5.75 Å². The molecule has 0 radical (unpaired) electrons. The van der Waals surface area contributed by atoms with Gasteiger partial charge in [-0.15, -0.1) is 10.2 Å². The number of nitrogens with zero attached hydrogens (tertiary/aromatic N) is 3. The van der Waals surface area contributed by atoms with Crippen molar-refractivity contribution in [3.8, 4) is 17.1 Å². The standard InChI is InChI=1S/C14H10BrFN4O/c15-11-7-9(14-17-19-20-18-14)5-6-13(11)21-8-10-3-1-2-4-12(10)16/h1-7H,8H2,(H,17,18,19,20). The quantitative estimate of drug-likeness (QED) is 0.785. The van der Waals surface area contributed by atoms with E-state index in [0.29, 0.717) is 17.1 Å². The first kappa shape index (κ1) is 13.7. The molecule has 1 aromatic heterocycles. The van der Waals surface area contributed by atoms with Gasteiger partial charge in [0.2, 0.25) is 5.82 Å². The Hall–Kier alpha value is -2.28. The third-order valence-electron chi connectivity index (χ3n) is 2.88. The molecule has 3 aromatic rings. The third kappa shape index (κ3) is 3.08. The van der Waals surface area contributed by atoms with Gasteiger partial charge in [-0.2, -0.15) is 5.21 Å². The monoisotopic (exact) mass is 348 g/mol. The lowest BCUT2D eigenvalue weighted by atomic mass is 10.2. The molecular formula is C14H10BrFN4O. The molecule has 0 spiro atoms. The highest BCUT2D eigenvalue weighted by molar-refractivity contribution is 9.10. The Morgan fingerprint density at radius 2 is 2.05 bits per heavy atom. The van der Waals surface area contributed by atoms with E-state index in [1.165, 1.54) is 6.07 Å². The van der Waals surface area contributed by atoms with Crippen molar-refractivity contribution >= 4 is 15.9 Å². The van der Waals surface area contributed by atoms with Gasteiger partial charge in [-0.05, 0) is 45.4 Å². The number of H-pyrrole nitrogens is 1. The molecule has 0 saturated heterocycles. The van der Waals surface area contributed by atoms with Crippen LogP contribution in [0.15, 0.2) is 46.9 Å². The molecule has 3 rings (SSSR count). The normalized spacial score (nSPS) is 10.6. The highest BCUT2D eigenvalue weighted by atomic mass is 79.9. The molecule has 5 nitrogen and oxygen atoms in total. The molecule has 0 aliphatic rings. The number of hydrogen-bond acceptors (Lipinski definition) is 4. The fourth-order valence-corrected chi connectivity index (χ4v) is 2.31. The second-order valence-electron chi connectivity index (χ2n) is 4.26. The molecule has 0 unspecified atom stereocenters. The van der Waals surface area contributed by atoms with Gasteiger partial charge in [0.1, 0.15) is 18.2 Å². The number of ether oxygens (including phenoxy) is 1. The zero-order valence-electron chi connectivity index (χ0n) is 10.8. The molecule has 0 atom stereocenters. The van der Waals surface area contributed by atoms with Gasteiger partial charge >= 0.3 is 0 Å². The Kier molecular flexibility index (Phi) is 3.92. The maximum atomic E-state index is 13.5. The van der Waals surface area contributed by atoms with E-state index in [-0.39, 0.29) is 12.4 Å². The number of hydrogen-bond donors (Lipinski definition) is 1. The van der Waals surface area contributed by atoms with E-state index in [2.05, 4.69) is 36.6 Å². The first-order valence-electron chi connectivity index (χ1n) is 6.13. The average Bonchev–Trinajstić information content (AvgIpc) is 3.02. The lowest BCUT2D eigenvalue weighted by molar-refractivity contribution is 0.298. The minimum atomic E-state index is -0.281. The second kappa shape index (κ2) is 6.01. The zero-order valence-corrected chi connectivity index (χ0v) is 12.3. The summed E-state index contributed by atoms with van der Waals surface area (Å²) >= 11 is 3.42. The number of aromatic nitrogens is 4. The lowest BCUT2D eigenvalue weighted by Gasteiger charge is -2.09. The van der Waals surface area contributed by atoms with Gasteiger partial charge in [-0.1, -0.05) is 18.2 Å². The molecule has 106 valence electrons. The maximum absolute atomic E-state index is 13.5. The molecule has 7 heteroatoms. The smallest absolute Gasteiger partial charge is 0.204 e. The number of tetrazole rings is 1. The van der Waals surface area contributed by atoms with Crippen LogP contribution in [0.4, 0.5) is 4.39 Å². The first-order valence-corrected chi connectivity index (χ1v) is 6.93. The van der Waals surface area contributed by atoms with Crippen LogP contribution in [0.1, 0.15) is 5.56 Å². The predicted molar refractivity (Wildman–Crippen MR) is 78.0 cm³/mol. The van der Waals surface area contributed by atoms with Crippen LogP contribution in [-0.4, -0.2) is 20.6 Å².